The van der Waals surface area contributed by atoms with E-state index < -0.39 is 20.0 Å². The summed E-state index contributed by atoms with van der Waals surface area (Å²) < 4.78 is 52.0. The summed E-state index contributed by atoms with van der Waals surface area (Å²) in [6.07, 6.45) is 0.232. The molecule has 0 saturated carbocycles. The number of nitriles is 1. The molecular formula is C17H19N3O4S2. The van der Waals surface area contributed by atoms with Crippen LogP contribution in [0.2, 0.25) is 0 Å². The van der Waals surface area contributed by atoms with Gasteiger partial charge < -0.3 is 0 Å². The zero-order chi connectivity index (χ0) is 19.4. The second-order valence-corrected chi connectivity index (χ2v) is 9.79. The Morgan fingerprint density at radius 3 is 2.27 bits per heavy atom. The third-order valence-electron chi connectivity index (χ3n) is 3.63. The van der Waals surface area contributed by atoms with Gasteiger partial charge in [0.15, 0.2) is 0 Å². The predicted octanol–water partition coefficient (Wildman–Crippen LogP) is 1.79. The summed E-state index contributed by atoms with van der Waals surface area (Å²) in [4.78, 5) is 0.153. The molecule has 0 aromatic heterocycles. The molecule has 2 aromatic rings. The van der Waals surface area contributed by atoms with Gasteiger partial charge in [-0.2, -0.15) is 5.26 Å². The van der Waals surface area contributed by atoms with Crippen LogP contribution in [-0.4, -0.2) is 41.0 Å². The van der Waals surface area contributed by atoms with Gasteiger partial charge in [0.1, 0.15) is 0 Å². The Bertz CT molecular complexity index is 1020. The van der Waals surface area contributed by atoms with Crippen LogP contribution in [0.4, 0.5) is 5.69 Å². The first kappa shape index (κ1) is 19.9. The Labute approximate surface area is 154 Å². The monoisotopic (exact) mass is 393 g/mol. The number of rotatable bonds is 7. The van der Waals surface area contributed by atoms with E-state index in [0.29, 0.717) is 16.8 Å². The lowest BCUT2D eigenvalue weighted by molar-refractivity contribution is 0.520. The normalized spacial score (nSPS) is 11.9. The Hall–Kier alpha value is -2.41. The molecule has 2 aromatic carbocycles. The first-order valence-electron chi connectivity index (χ1n) is 7.66. The lowest BCUT2D eigenvalue weighted by Gasteiger charge is -2.12. The number of nitrogens with zero attached hydrogens (tertiary/aromatic N) is 2. The van der Waals surface area contributed by atoms with Crippen LogP contribution >= 0.6 is 0 Å². The average Bonchev–Trinajstić information content (AvgIpc) is 2.60. The van der Waals surface area contributed by atoms with Crippen molar-refractivity contribution in [2.75, 3.05) is 24.6 Å². The second-order valence-electron chi connectivity index (χ2n) is 5.79. The summed E-state index contributed by atoms with van der Waals surface area (Å²) in [7, 11) is -4.21. The molecule has 0 atom stereocenters. The van der Waals surface area contributed by atoms with E-state index in [1.165, 1.54) is 32.3 Å². The summed E-state index contributed by atoms with van der Waals surface area (Å²) >= 11 is 0. The first-order valence-corrected chi connectivity index (χ1v) is 10.8. The highest BCUT2D eigenvalue weighted by molar-refractivity contribution is 7.92. The summed E-state index contributed by atoms with van der Waals surface area (Å²) in [6.45, 7) is 0. The molecule has 0 bridgehead atoms. The number of benzene rings is 2. The van der Waals surface area contributed by atoms with Crippen LogP contribution < -0.4 is 4.72 Å². The van der Waals surface area contributed by atoms with E-state index in [-0.39, 0.29) is 17.1 Å². The summed E-state index contributed by atoms with van der Waals surface area (Å²) in [5.41, 5.74) is 1.40. The van der Waals surface area contributed by atoms with Crippen molar-refractivity contribution in [1.29, 1.82) is 5.26 Å². The number of anilines is 1. The number of hydrogen-bond donors (Lipinski definition) is 1. The highest BCUT2D eigenvalue weighted by Gasteiger charge is 2.17. The molecule has 0 amide bonds. The van der Waals surface area contributed by atoms with Gasteiger partial charge >= 0.3 is 0 Å². The standard InChI is InChI=1S/C17H19N3O4S2/c1-20(2)26(23,24)17-8-6-14(7-9-17)10-11-25(21,22)19-16-5-3-4-15(12-16)13-18/h3-9,12,19H,10-11H2,1-2H3. The van der Waals surface area contributed by atoms with Crippen LogP contribution in [0.3, 0.4) is 0 Å². The molecule has 0 aliphatic heterocycles. The molecule has 0 radical (unpaired) electrons. The van der Waals surface area contributed by atoms with Crippen molar-refractivity contribution in [3.05, 3.63) is 59.7 Å². The largest absolute Gasteiger partial charge is 0.284 e. The van der Waals surface area contributed by atoms with E-state index in [0.717, 1.165) is 4.31 Å². The van der Waals surface area contributed by atoms with Crippen molar-refractivity contribution in [3.8, 4) is 6.07 Å². The van der Waals surface area contributed by atoms with E-state index in [4.69, 9.17) is 5.26 Å². The second kappa shape index (κ2) is 7.86. The molecule has 0 aliphatic carbocycles. The number of hydrogen-bond acceptors (Lipinski definition) is 5. The predicted molar refractivity (Wildman–Crippen MR) is 99.6 cm³/mol. The molecule has 7 nitrogen and oxygen atoms in total. The minimum absolute atomic E-state index is 0.153. The van der Waals surface area contributed by atoms with Gasteiger partial charge in [-0.15, -0.1) is 0 Å². The fourth-order valence-electron chi connectivity index (χ4n) is 2.17. The Balaban J connectivity index is 2.04. The molecule has 0 spiro atoms. The van der Waals surface area contributed by atoms with Crippen molar-refractivity contribution < 1.29 is 16.8 Å². The molecule has 0 fully saturated rings. The van der Waals surface area contributed by atoms with Gasteiger partial charge in [0.25, 0.3) is 0 Å². The molecule has 0 saturated heterocycles. The lowest BCUT2D eigenvalue weighted by Crippen LogP contribution is -2.22. The van der Waals surface area contributed by atoms with Crippen molar-refractivity contribution in [3.63, 3.8) is 0 Å². The highest BCUT2D eigenvalue weighted by Crippen LogP contribution is 2.16. The quantitative estimate of drug-likeness (QED) is 0.772. The van der Waals surface area contributed by atoms with Crippen LogP contribution in [0.15, 0.2) is 53.4 Å². The topological polar surface area (TPSA) is 107 Å². The van der Waals surface area contributed by atoms with Gasteiger partial charge in [0.05, 0.1) is 22.3 Å². The van der Waals surface area contributed by atoms with Crippen LogP contribution in [0.1, 0.15) is 11.1 Å². The molecule has 2 rings (SSSR count). The van der Waals surface area contributed by atoms with E-state index >= 15 is 0 Å². The summed E-state index contributed by atoms with van der Waals surface area (Å²) in [5.74, 6) is -0.163. The number of nitrogens with one attached hydrogen (secondary N) is 1. The molecule has 26 heavy (non-hydrogen) atoms. The van der Waals surface area contributed by atoms with Crippen LogP contribution in [0, 0.1) is 11.3 Å². The van der Waals surface area contributed by atoms with E-state index in [1.807, 2.05) is 6.07 Å². The zero-order valence-electron chi connectivity index (χ0n) is 14.4. The maximum Gasteiger partial charge on any atom is 0.242 e. The summed E-state index contributed by atoms with van der Waals surface area (Å²) in [6, 6.07) is 14.3. The molecule has 0 aliphatic rings. The summed E-state index contributed by atoms with van der Waals surface area (Å²) in [5, 5.41) is 8.85. The van der Waals surface area contributed by atoms with Gasteiger partial charge in [-0.3, -0.25) is 4.72 Å². The van der Waals surface area contributed by atoms with Gasteiger partial charge in [0, 0.05) is 19.8 Å². The lowest BCUT2D eigenvalue weighted by atomic mass is 10.2. The van der Waals surface area contributed by atoms with Crippen molar-refractivity contribution in [2.24, 2.45) is 0 Å². The molecule has 138 valence electrons. The van der Waals surface area contributed by atoms with Crippen molar-refractivity contribution in [2.45, 2.75) is 11.3 Å². The Morgan fingerprint density at radius 2 is 1.69 bits per heavy atom. The maximum atomic E-state index is 12.2. The van der Waals surface area contributed by atoms with E-state index in [9.17, 15) is 16.8 Å². The molecule has 0 unspecified atom stereocenters. The Kier molecular flexibility index (Phi) is 6.02. The molecule has 0 heterocycles. The van der Waals surface area contributed by atoms with Gasteiger partial charge in [-0.1, -0.05) is 18.2 Å². The van der Waals surface area contributed by atoms with Gasteiger partial charge in [-0.05, 0) is 42.3 Å². The third-order valence-corrected chi connectivity index (χ3v) is 6.74. The zero-order valence-corrected chi connectivity index (χ0v) is 16.0. The van der Waals surface area contributed by atoms with Crippen molar-refractivity contribution >= 4 is 25.7 Å². The van der Waals surface area contributed by atoms with E-state index in [2.05, 4.69) is 4.72 Å². The molecule has 1 N–H and O–H groups in total. The molecular weight excluding hydrogens is 374 g/mol. The highest BCUT2D eigenvalue weighted by atomic mass is 32.2. The minimum atomic E-state index is -3.60. The molecule has 9 heteroatoms. The van der Waals surface area contributed by atoms with Crippen LogP contribution in [0.25, 0.3) is 0 Å². The minimum Gasteiger partial charge on any atom is -0.284 e. The van der Waals surface area contributed by atoms with Gasteiger partial charge in [0.2, 0.25) is 20.0 Å². The third kappa shape index (κ3) is 5.05. The van der Waals surface area contributed by atoms with Crippen molar-refractivity contribution in [1.82, 2.24) is 4.31 Å². The van der Waals surface area contributed by atoms with E-state index in [1.54, 1.807) is 30.3 Å². The number of aryl methyl sites for hydroxylation is 1. The van der Waals surface area contributed by atoms with Gasteiger partial charge in [-0.25, -0.2) is 21.1 Å². The smallest absolute Gasteiger partial charge is 0.242 e. The fraction of sp³-hybridized carbons (Fsp3) is 0.235. The van der Waals surface area contributed by atoms with Crippen LogP contribution in [0.5, 0.6) is 0 Å². The number of sulfonamides is 2. The maximum absolute atomic E-state index is 12.2. The Morgan fingerprint density at radius 1 is 1.04 bits per heavy atom. The fourth-order valence-corrected chi connectivity index (χ4v) is 4.17. The van der Waals surface area contributed by atoms with Crippen LogP contribution in [-0.2, 0) is 26.5 Å². The SMILES string of the molecule is CN(C)S(=O)(=O)c1ccc(CCS(=O)(=O)Nc2cccc(C#N)c2)cc1. The average molecular weight is 393 g/mol. The first-order chi connectivity index (χ1) is 12.1.